The Kier molecular flexibility index (Phi) is 3.23. The molecule has 1 atom stereocenters. The minimum atomic E-state index is -0.269. The fourth-order valence-corrected chi connectivity index (χ4v) is 2.08. The van der Waals surface area contributed by atoms with Crippen LogP contribution in [0.5, 0.6) is 0 Å². The number of carbonyl (C=O) groups is 1. The van der Waals surface area contributed by atoms with Crippen LogP contribution in [-0.4, -0.2) is 33.9 Å². The number of aryl methyl sites for hydroxylation is 1. The van der Waals surface area contributed by atoms with Gasteiger partial charge in [-0.1, -0.05) is 0 Å². The van der Waals surface area contributed by atoms with E-state index in [1.54, 1.807) is 6.07 Å². The van der Waals surface area contributed by atoms with Gasteiger partial charge in [-0.05, 0) is 13.3 Å². The summed E-state index contributed by atoms with van der Waals surface area (Å²) in [6, 6.07) is 2.05. The zero-order valence-corrected chi connectivity index (χ0v) is 9.89. The first-order valence-corrected chi connectivity index (χ1v) is 5.69. The van der Waals surface area contributed by atoms with E-state index >= 15 is 0 Å². The second kappa shape index (κ2) is 4.67. The summed E-state index contributed by atoms with van der Waals surface area (Å²) in [7, 11) is 0. The van der Waals surface area contributed by atoms with E-state index in [0.29, 0.717) is 24.6 Å². The number of rotatable bonds is 4. The Morgan fingerprint density at radius 3 is 2.88 bits per heavy atom. The van der Waals surface area contributed by atoms with Crippen molar-refractivity contribution < 1.29 is 4.79 Å². The van der Waals surface area contributed by atoms with E-state index in [1.807, 2.05) is 6.92 Å². The Bertz CT molecular complexity index is 414. The lowest BCUT2D eigenvalue weighted by Gasteiger charge is -2.40. The van der Waals surface area contributed by atoms with Crippen LogP contribution in [0.1, 0.15) is 30.4 Å². The highest BCUT2D eigenvalue weighted by Gasteiger charge is 2.30. The van der Waals surface area contributed by atoms with E-state index in [1.165, 1.54) is 0 Å². The van der Waals surface area contributed by atoms with Crippen molar-refractivity contribution in [1.29, 1.82) is 0 Å². The van der Waals surface area contributed by atoms with Crippen molar-refractivity contribution in [3.05, 3.63) is 17.6 Å². The molecule has 1 saturated heterocycles. The lowest BCUT2D eigenvalue weighted by Crippen LogP contribution is -2.43. The number of nitrogens with zero attached hydrogens (tertiary/aromatic N) is 3. The lowest BCUT2D eigenvalue weighted by molar-refractivity contribution is -0.118. The molecule has 0 saturated carbocycles. The summed E-state index contributed by atoms with van der Waals surface area (Å²) in [4.78, 5) is 21.4. The normalized spacial score (nSPS) is 19.9. The number of aromatic nitrogens is 2. The minimum absolute atomic E-state index is 0.248. The zero-order chi connectivity index (χ0) is 12.4. The molecule has 1 aliphatic heterocycles. The third-order valence-electron chi connectivity index (χ3n) is 2.99. The van der Waals surface area contributed by atoms with Crippen LogP contribution in [-0.2, 0) is 4.79 Å². The van der Waals surface area contributed by atoms with Crippen LogP contribution in [0.25, 0.3) is 0 Å². The van der Waals surface area contributed by atoms with Gasteiger partial charge in [-0.15, -0.1) is 0 Å². The second-order valence-electron chi connectivity index (χ2n) is 4.32. The van der Waals surface area contributed by atoms with Crippen molar-refractivity contribution >= 4 is 11.7 Å². The Morgan fingerprint density at radius 2 is 2.35 bits per heavy atom. The van der Waals surface area contributed by atoms with Crippen molar-refractivity contribution in [2.45, 2.75) is 25.8 Å². The summed E-state index contributed by atoms with van der Waals surface area (Å²) in [6.45, 7) is 3.48. The van der Waals surface area contributed by atoms with Gasteiger partial charge in [0, 0.05) is 25.6 Å². The Morgan fingerprint density at radius 1 is 1.59 bits per heavy atom. The smallest absolute Gasteiger partial charge is 0.218 e. The highest BCUT2D eigenvalue weighted by atomic mass is 16.1. The Labute approximate surface area is 100 Å². The predicted molar refractivity (Wildman–Crippen MR) is 63.9 cm³/mol. The third kappa shape index (κ3) is 2.71. The minimum Gasteiger partial charge on any atom is -0.384 e. The molecule has 1 fully saturated rings. The van der Waals surface area contributed by atoms with Crippen molar-refractivity contribution in [3.8, 4) is 0 Å². The summed E-state index contributed by atoms with van der Waals surface area (Å²) >= 11 is 0. The van der Waals surface area contributed by atoms with E-state index in [-0.39, 0.29) is 11.9 Å². The summed E-state index contributed by atoms with van der Waals surface area (Å²) in [5.74, 6) is 0.907. The molecule has 0 radical (unpaired) electrons. The van der Waals surface area contributed by atoms with Gasteiger partial charge in [0.1, 0.15) is 11.6 Å². The fraction of sp³-hybridized carbons (Fsp3) is 0.545. The van der Waals surface area contributed by atoms with Gasteiger partial charge >= 0.3 is 0 Å². The fourth-order valence-electron chi connectivity index (χ4n) is 2.08. The maximum absolute atomic E-state index is 10.7. The van der Waals surface area contributed by atoms with Crippen molar-refractivity contribution in [2.75, 3.05) is 18.8 Å². The molecular weight excluding hydrogens is 218 g/mol. The molecule has 1 aliphatic rings. The van der Waals surface area contributed by atoms with Gasteiger partial charge in [0.2, 0.25) is 5.91 Å². The summed E-state index contributed by atoms with van der Waals surface area (Å²) in [6.07, 6.45) is 1.42. The van der Waals surface area contributed by atoms with Gasteiger partial charge < -0.3 is 11.5 Å². The van der Waals surface area contributed by atoms with Gasteiger partial charge in [-0.25, -0.2) is 9.97 Å². The van der Waals surface area contributed by atoms with Gasteiger partial charge in [0.05, 0.1) is 11.7 Å². The molecule has 2 rings (SSSR count). The van der Waals surface area contributed by atoms with Crippen LogP contribution < -0.4 is 11.5 Å². The van der Waals surface area contributed by atoms with Crippen LogP contribution >= 0.6 is 0 Å². The second-order valence-corrected chi connectivity index (χ2v) is 4.32. The van der Waals surface area contributed by atoms with Gasteiger partial charge in [-0.3, -0.25) is 9.69 Å². The van der Waals surface area contributed by atoms with E-state index < -0.39 is 0 Å². The molecule has 1 amide bonds. The maximum atomic E-state index is 10.7. The van der Waals surface area contributed by atoms with Crippen molar-refractivity contribution in [2.24, 2.45) is 5.73 Å². The highest BCUT2D eigenvalue weighted by molar-refractivity contribution is 5.73. The molecule has 2 heterocycles. The molecule has 6 nitrogen and oxygen atoms in total. The van der Waals surface area contributed by atoms with Crippen LogP contribution in [0.2, 0.25) is 0 Å². The van der Waals surface area contributed by atoms with Gasteiger partial charge in [-0.2, -0.15) is 0 Å². The summed E-state index contributed by atoms with van der Waals surface area (Å²) < 4.78 is 0. The number of amides is 1. The Balaban J connectivity index is 2.04. The number of anilines is 1. The number of hydrogen-bond donors (Lipinski definition) is 2. The van der Waals surface area contributed by atoms with Crippen molar-refractivity contribution in [1.82, 2.24) is 14.9 Å². The first-order chi connectivity index (χ1) is 8.06. The average Bonchev–Trinajstić information content (AvgIpc) is 2.13. The number of nitrogens with two attached hydrogens (primary N) is 2. The largest absolute Gasteiger partial charge is 0.384 e. The molecule has 17 heavy (non-hydrogen) atoms. The molecule has 6 heteroatoms. The van der Waals surface area contributed by atoms with Crippen LogP contribution in [0, 0.1) is 6.92 Å². The first kappa shape index (κ1) is 11.8. The van der Waals surface area contributed by atoms with E-state index in [0.717, 1.165) is 18.7 Å². The number of primary amides is 1. The topological polar surface area (TPSA) is 98.1 Å². The first-order valence-electron chi connectivity index (χ1n) is 5.69. The Hall–Kier alpha value is -1.69. The van der Waals surface area contributed by atoms with Gasteiger partial charge in [0.25, 0.3) is 0 Å². The maximum Gasteiger partial charge on any atom is 0.218 e. The molecule has 1 aromatic heterocycles. The molecule has 1 aromatic rings. The quantitative estimate of drug-likeness (QED) is 0.764. The zero-order valence-electron chi connectivity index (χ0n) is 9.89. The molecular formula is C11H17N5O. The molecule has 0 spiro atoms. The van der Waals surface area contributed by atoms with E-state index in [4.69, 9.17) is 11.5 Å². The highest BCUT2D eigenvalue weighted by Crippen LogP contribution is 2.32. The third-order valence-corrected chi connectivity index (χ3v) is 2.99. The molecule has 0 bridgehead atoms. The number of nitrogen functional groups attached to an aromatic ring is 1. The predicted octanol–water partition coefficient (Wildman–Crippen LogP) is -0.0106. The van der Waals surface area contributed by atoms with Gasteiger partial charge in [0.15, 0.2) is 0 Å². The number of hydrogen-bond acceptors (Lipinski definition) is 5. The lowest BCUT2D eigenvalue weighted by atomic mass is 9.99. The SMILES string of the molecule is Cc1nc(N)cc(C2CCN2CCC(N)=O)n1. The molecule has 92 valence electrons. The standard InChI is InChI=1S/C11H17N5O/c1-7-14-8(6-10(12)15-7)9-2-4-16(9)5-3-11(13)17/h6,9H,2-5H2,1H3,(H2,13,17)(H2,12,14,15). The molecule has 4 N–H and O–H groups in total. The summed E-state index contributed by atoms with van der Waals surface area (Å²) in [5, 5.41) is 0. The van der Waals surface area contributed by atoms with Crippen molar-refractivity contribution in [3.63, 3.8) is 0 Å². The monoisotopic (exact) mass is 235 g/mol. The van der Waals surface area contributed by atoms with Crippen LogP contribution in [0.3, 0.4) is 0 Å². The summed E-state index contributed by atoms with van der Waals surface area (Å²) in [5.41, 5.74) is 11.8. The average molecular weight is 235 g/mol. The van der Waals surface area contributed by atoms with E-state index in [9.17, 15) is 4.79 Å². The molecule has 0 aromatic carbocycles. The van der Waals surface area contributed by atoms with E-state index in [2.05, 4.69) is 14.9 Å². The van der Waals surface area contributed by atoms with Crippen LogP contribution in [0.4, 0.5) is 5.82 Å². The van der Waals surface area contributed by atoms with Crippen LogP contribution in [0.15, 0.2) is 6.07 Å². The molecule has 0 aliphatic carbocycles. The molecule has 1 unspecified atom stereocenters. The number of likely N-dealkylation sites (tertiary alicyclic amines) is 1. The number of carbonyl (C=O) groups excluding carboxylic acids is 1.